The van der Waals surface area contributed by atoms with Crippen LogP contribution < -0.4 is 5.73 Å². The van der Waals surface area contributed by atoms with Crippen molar-refractivity contribution in [3.05, 3.63) is 29.8 Å². The Morgan fingerprint density at radius 3 is 2.71 bits per heavy atom. The molecular formula is C10H11N3O. The summed E-state index contributed by atoms with van der Waals surface area (Å²) in [4.78, 5) is 0. The zero-order chi connectivity index (χ0) is 10.1. The van der Waals surface area contributed by atoms with Gasteiger partial charge in [0.25, 0.3) is 0 Å². The van der Waals surface area contributed by atoms with Crippen molar-refractivity contribution in [2.24, 2.45) is 0 Å². The first-order chi connectivity index (χ1) is 6.66. The van der Waals surface area contributed by atoms with Gasteiger partial charge in [-0.3, -0.25) is 5.10 Å². The van der Waals surface area contributed by atoms with Crippen LogP contribution >= 0.6 is 0 Å². The molecule has 0 atom stereocenters. The minimum Gasteiger partial charge on any atom is -0.508 e. The fraction of sp³-hybridized carbons (Fsp3) is 0.100. The molecule has 0 unspecified atom stereocenters. The number of phenolic OH excluding ortho intramolecular Hbond substituents is 1. The Morgan fingerprint density at radius 2 is 2.14 bits per heavy atom. The van der Waals surface area contributed by atoms with E-state index in [0.717, 1.165) is 16.8 Å². The molecule has 4 heteroatoms. The molecule has 14 heavy (non-hydrogen) atoms. The predicted octanol–water partition coefficient (Wildman–Crippen LogP) is 1.67. The van der Waals surface area contributed by atoms with Gasteiger partial charge in [0.2, 0.25) is 0 Å². The standard InChI is InChI=1S/C10H11N3O/c1-6-2-3-7(4-9(6)14)8-5-10(11)13-12-8/h2-5,14H,1H3,(H3,11,12,13). The molecule has 0 bridgehead atoms. The molecule has 1 heterocycles. The second-order valence-corrected chi connectivity index (χ2v) is 3.21. The number of benzene rings is 1. The summed E-state index contributed by atoms with van der Waals surface area (Å²) >= 11 is 0. The van der Waals surface area contributed by atoms with Crippen LogP contribution in [0.2, 0.25) is 0 Å². The topological polar surface area (TPSA) is 74.9 Å². The van der Waals surface area contributed by atoms with Gasteiger partial charge < -0.3 is 10.8 Å². The van der Waals surface area contributed by atoms with Crippen molar-refractivity contribution < 1.29 is 5.11 Å². The van der Waals surface area contributed by atoms with Crippen molar-refractivity contribution in [1.82, 2.24) is 10.2 Å². The third kappa shape index (κ3) is 1.42. The summed E-state index contributed by atoms with van der Waals surface area (Å²) in [6, 6.07) is 7.16. The number of aromatic nitrogens is 2. The van der Waals surface area contributed by atoms with E-state index in [9.17, 15) is 5.11 Å². The number of aryl methyl sites for hydroxylation is 1. The summed E-state index contributed by atoms with van der Waals surface area (Å²) in [6.07, 6.45) is 0. The Labute approximate surface area is 81.4 Å². The molecular weight excluding hydrogens is 178 g/mol. The molecule has 0 fully saturated rings. The Kier molecular flexibility index (Phi) is 1.89. The van der Waals surface area contributed by atoms with Crippen molar-refractivity contribution in [3.63, 3.8) is 0 Å². The lowest BCUT2D eigenvalue weighted by Crippen LogP contribution is -1.81. The smallest absolute Gasteiger partial charge is 0.145 e. The summed E-state index contributed by atoms with van der Waals surface area (Å²) in [5.74, 6) is 0.718. The lowest BCUT2D eigenvalue weighted by molar-refractivity contribution is 0.471. The van der Waals surface area contributed by atoms with E-state index in [1.54, 1.807) is 12.1 Å². The first-order valence-corrected chi connectivity index (χ1v) is 4.27. The average molecular weight is 189 g/mol. The maximum atomic E-state index is 9.50. The highest BCUT2D eigenvalue weighted by Gasteiger charge is 2.03. The summed E-state index contributed by atoms with van der Waals surface area (Å²) < 4.78 is 0. The third-order valence-electron chi connectivity index (χ3n) is 2.12. The molecule has 0 aliphatic rings. The van der Waals surface area contributed by atoms with Crippen LogP contribution in [-0.2, 0) is 0 Å². The van der Waals surface area contributed by atoms with Gasteiger partial charge in [0.1, 0.15) is 11.6 Å². The van der Waals surface area contributed by atoms with Crippen LogP contribution in [0.15, 0.2) is 24.3 Å². The first kappa shape index (κ1) is 8.62. The van der Waals surface area contributed by atoms with Gasteiger partial charge in [0, 0.05) is 11.6 Å². The molecule has 0 spiro atoms. The molecule has 72 valence electrons. The second kappa shape index (κ2) is 3.06. The molecule has 2 rings (SSSR count). The number of hydrogen-bond donors (Lipinski definition) is 3. The van der Waals surface area contributed by atoms with Crippen molar-refractivity contribution in [1.29, 1.82) is 0 Å². The zero-order valence-electron chi connectivity index (χ0n) is 7.78. The van der Waals surface area contributed by atoms with Crippen LogP contribution in [0.5, 0.6) is 5.75 Å². The molecule has 2 aromatic rings. The van der Waals surface area contributed by atoms with Gasteiger partial charge in [-0.05, 0) is 18.6 Å². The molecule has 0 saturated heterocycles. The Hall–Kier alpha value is -1.97. The van der Waals surface area contributed by atoms with E-state index in [2.05, 4.69) is 10.2 Å². The van der Waals surface area contributed by atoms with Crippen molar-refractivity contribution in [2.75, 3.05) is 5.73 Å². The van der Waals surface area contributed by atoms with E-state index in [1.165, 1.54) is 0 Å². The number of hydrogen-bond acceptors (Lipinski definition) is 3. The van der Waals surface area contributed by atoms with E-state index in [1.807, 2.05) is 19.1 Å². The maximum Gasteiger partial charge on any atom is 0.145 e. The minimum atomic E-state index is 0.274. The predicted molar refractivity (Wildman–Crippen MR) is 54.8 cm³/mol. The molecule has 0 radical (unpaired) electrons. The molecule has 4 N–H and O–H groups in total. The van der Waals surface area contributed by atoms with E-state index >= 15 is 0 Å². The van der Waals surface area contributed by atoms with Gasteiger partial charge in [-0.15, -0.1) is 0 Å². The highest BCUT2D eigenvalue weighted by atomic mass is 16.3. The van der Waals surface area contributed by atoms with E-state index < -0.39 is 0 Å². The lowest BCUT2D eigenvalue weighted by atomic mass is 10.1. The first-order valence-electron chi connectivity index (χ1n) is 4.27. The molecule has 0 aliphatic heterocycles. The van der Waals surface area contributed by atoms with Gasteiger partial charge in [0.05, 0.1) is 5.69 Å². The van der Waals surface area contributed by atoms with Gasteiger partial charge in [0.15, 0.2) is 0 Å². The summed E-state index contributed by atoms with van der Waals surface area (Å²) in [6.45, 7) is 1.85. The van der Waals surface area contributed by atoms with Crippen LogP contribution in [0.25, 0.3) is 11.3 Å². The van der Waals surface area contributed by atoms with E-state index in [0.29, 0.717) is 5.82 Å². The number of nitrogen functional groups attached to an aromatic ring is 1. The van der Waals surface area contributed by atoms with Crippen molar-refractivity contribution in [2.45, 2.75) is 6.92 Å². The molecule has 0 amide bonds. The lowest BCUT2D eigenvalue weighted by Gasteiger charge is -2.01. The Balaban J connectivity index is 2.47. The largest absolute Gasteiger partial charge is 0.508 e. The number of nitrogens with zero attached hydrogens (tertiary/aromatic N) is 1. The summed E-state index contributed by atoms with van der Waals surface area (Å²) in [5, 5.41) is 16.1. The number of phenols is 1. The molecule has 0 saturated carbocycles. The number of nitrogens with two attached hydrogens (primary N) is 1. The highest BCUT2D eigenvalue weighted by Crippen LogP contribution is 2.25. The third-order valence-corrected chi connectivity index (χ3v) is 2.12. The second-order valence-electron chi connectivity index (χ2n) is 3.21. The van der Waals surface area contributed by atoms with Crippen molar-refractivity contribution in [3.8, 4) is 17.0 Å². The Bertz CT molecular complexity index is 462. The van der Waals surface area contributed by atoms with Crippen LogP contribution in [0.4, 0.5) is 5.82 Å². The normalized spacial score (nSPS) is 10.4. The van der Waals surface area contributed by atoms with Crippen LogP contribution in [0.3, 0.4) is 0 Å². The fourth-order valence-electron chi connectivity index (χ4n) is 1.26. The van der Waals surface area contributed by atoms with Gasteiger partial charge in [-0.2, -0.15) is 5.10 Å². The zero-order valence-corrected chi connectivity index (χ0v) is 7.78. The number of rotatable bonds is 1. The number of anilines is 1. The average Bonchev–Trinajstić information content (AvgIpc) is 2.57. The molecule has 1 aromatic carbocycles. The number of H-pyrrole nitrogens is 1. The maximum absolute atomic E-state index is 9.50. The number of aromatic hydroxyl groups is 1. The summed E-state index contributed by atoms with van der Waals surface area (Å²) in [7, 11) is 0. The SMILES string of the molecule is Cc1ccc(-c2cc(N)n[nH]2)cc1O. The van der Waals surface area contributed by atoms with Gasteiger partial charge in [-0.25, -0.2) is 0 Å². The van der Waals surface area contributed by atoms with Crippen LogP contribution in [0, 0.1) is 6.92 Å². The van der Waals surface area contributed by atoms with Gasteiger partial charge in [-0.1, -0.05) is 12.1 Å². The van der Waals surface area contributed by atoms with E-state index in [-0.39, 0.29) is 5.75 Å². The Morgan fingerprint density at radius 1 is 1.36 bits per heavy atom. The molecule has 0 aliphatic carbocycles. The number of aromatic amines is 1. The minimum absolute atomic E-state index is 0.274. The monoisotopic (exact) mass is 189 g/mol. The molecule has 4 nitrogen and oxygen atoms in total. The van der Waals surface area contributed by atoms with Crippen LogP contribution in [-0.4, -0.2) is 15.3 Å². The van der Waals surface area contributed by atoms with Crippen molar-refractivity contribution >= 4 is 5.82 Å². The molecule has 1 aromatic heterocycles. The fourth-order valence-corrected chi connectivity index (χ4v) is 1.26. The quantitative estimate of drug-likeness (QED) is 0.638. The van der Waals surface area contributed by atoms with E-state index in [4.69, 9.17) is 5.73 Å². The highest BCUT2D eigenvalue weighted by molar-refractivity contribution is 5.64. The van der Waals surface area contributed by atoms with Crippen LogP contribution in [0.1, 0.15) is 5.56 Å². The number of nitrogens with one attached hydrogen (secondary N) is 1. The van der Waals surface area contributed by atoms with Gasteiger partial charge >= 0.3 is 0 Å². The summed E-state index contributed by atoms with van der Waals surface area (Å²) in [5.41, 5.74) is 8.00.